The van der Waals surface area contributed by atoms with Crippen molar-refractivity contribution in [3.63, 3.8) is 0 Å². The Bertz CT molecular complexity index is 940. The Balaban J connectivity index is 1.49. The summed E-state index contributed by atoms with van der Waals surface area (Å²) >= 11 is 0. The molecule has 2 heterocycles. The van der Waals surface area contributed by atoms with E-state index in [2.05, 4.69) is 44.3 Å². The molecule has 0 bridgehead atoms. The topological polar surface area (TPSA) is 64.3 Å². The number of benzene rings is 2. The molecule has 2 N–H and O–H groups in total. The minimum absolute atomic E-state index is 0.114. The first-order valence-corrected chi connectivity index (χ1v) is 8.89. The number of fused-ring (bicyclic) bond motifs is 1. The fourth-order valence-electron chi connectivity index (χ4n) is 3.32. The lowest BCUT2D eigenvalue weighted by molar-refractivity contribution is 0.102. The third-order valence-electron chi connectivity index (χ3n) is 5.01. The van der Waals surface area contributed by atoms with E-state index in [0.29, 0.717) is 5.56 Å². The smallest absolute Gasteiger partial charge is 0.255 e. The zero-order valence-electron chi connectivity index (χ0n) is 15.1. The summed E-state index contributed by atoms with van der Waals surface area (Å²) in [5, 5.41) is 3.02. The van der Waals surface area contributed by atoms with Gasteiger partial charge < -0.3 is 20.1 Å². The number of nitrogens with zero attached hydrogens (tertiary/aromatic N) is 3. The third-order valence-corrected chi connectivity index (χ3v) is 5.01. The molecule has 1 amide bonds. The number of nitrogens with one attached hydrogen (secondary N) is 2. The summed E-state index contributed by atoms with van der Waals surface area (Å²) in [6, 6.07) is 11.7. The second kappa shape index (κ2) is 6.80. The van der Waals surface area contributed by atoms with E-state index in [1.807, 2.05) is 25.1 Å². The van der Waals surface area contributed by atoms with Crippen LogP contribution < -0.4 is 10.2 Å². The van der Waals surface area contributed by atoms with Gasteiger partial charge in [0.1, 0.15) is 0 Å². The summed E-state index contributed by atoms with van der Waals surface area (Å²) in [6.45, 7) is 6.26. The number of rotatable bonds is 3. The molecule has 1 saturated heterocycles. The van der Waals surface area contributed by atoms with Gasteiger partial charge in [0.25, 0.3) is 5.91 Å². The van der Waals surface area contributed by atoms with Crippen molar-refractivity contribution < 1.29 is 4.79 Å². The highest BCUT2D eigenvalue weighted by atomic mass is 16.1. The number of aryl methyl sites for hydroxylation is 1. The summed E-state index contributed by atoms with van der Waals surface area (Å²) in [5.74, 6) is -0.114. The molecule has 6 nitrogen and oxygen atoms in total. The van der Waals surface area contributed by atoms with Crippen LogP contribution >= 0.6 is 0 Å². The number of likely N-dealkylation sites (N-methyl/N-ethyl adjacent to an activating group) is 1. The Kier molecular flexibility index (Phi) is 4.34. The molecule has 3 aromatic rings. The normalized spacial score (nSPS) is 15.4. The van der Waals surface area contributed by atoms with E-state index >= 15 is 0 Å². The maximum atomic E-state index is 12.6. The Morgan fingerprint density at radius 3 is 2.69 bits per heavy atom. The van der Waals surface area contributed by atoms with Gasteiger partial charge in [-0.25, -0.2) is 4.98 Å². The predicted octanol–water partition coefficient (Wildman–Crippen LogP) is 2.88. The number of amides is 1. The monoisotopic (exact) mass is 349 g/mol. The first-order chi connectivity index (χ1) is 12.6. The number of aromatic nitrogens is 2. The summed E-state index contributed by atoms with van der Waals surface area (Å²) in [5.41, 5.74) is 5.46. The predicted molar refractivity (Wildman–Crippen MR) is 105 cm³/mol. The van der Waals surface area contributed by atoms with Gasteiger partial charge in [0, 0.05) is 43.1 Å². The number of H-pyrrole nitrogens is 1. The molecule has 0 unspecified atom stereocenters. The molecule has 6 heteroatoms. The quantitative estimate of drug-likeness (QED) is 0.763. The van der Waals surface area contributed by atoms with E-state index in [0.717, 1.165) is 48.5 Å². The Morgan fingerprint density at radius 1 is 1.12 bits per heavy atom. The summed E-state index contributed by atoms with van der Waals surface area (Å²) < 4.78 is 0. The Morgan fingerprint density at radius 2 is 1.92 bits per heavy atom. The van der Waals surface area contributed by atoms with E-state index in [-0.39, 0.29) is 5.91 Å². The first-order valence-electron chi connectivity index (χ1n) is 8.89. The number of hydrogen-bond donors (Lipinski definition) is 2. The highest BCUT2D eigenvalue weighted by Gasteiger charge is 2.15. The molecule has 0 atom stereocenters. The average Bonchev–Trinajstić information content (AvgIpc) is 3.11. The van der Waals surface area contributed by atoms with Gasteiger partial charge in [-0.2, -0.15) is 0 Å². The molecule has 2 aromatic carbocycles. The van der Waals surface area contributed by atoms with Gasteiger partial charge in [0.2, 0.25) is 0 Å². The molecule has 0 saturated carbocycles. The fourth-order valence-corrected chi connectivity index (χ4v) is 3.32. The molecule has 1 aliphatic heterocycles. The number of carbonyl (C=O) groups excluding carboxylic acids is 1. The van der Waals surface area contributed by atoms with Crippen molar-refractivity contribution >= 4 is 28.3 Å². The van der Waals surface area contributed by atoms with Crippen molar-refractivity contribution in [2.24, 2.45) is 0 Å². The van der Waals surface area contributed by atoms with Gasteiger partial charge in [-0.15, -0.1) is 0 Å². The molecule has 0 spiro atoms. The van der Waals surface area contributed by atoms with Crippen molar-refractivity contribution in [2.45, 2.75) is 6.92 Å². The van der Waals surface area contributed by atoms with Gasteiger partial charge in [0.15, 0.2) is 0 Å². The highest BCUT2D eigenvalue weighted by molar-refractivity contribution is 6.06. The Labute approximate surface area is 152 Å². The van der Waals surface area contributed by atoms with Crippen LogP contribution in [-0.4, -0.2) is 54.0 Å². The third kappa shape index (κ3) is 3.28. The number of piperazine rings is 1. The average molecular weight is 349 g/mol. The van der Waals surface area contributed by atoms with Gasteiger partial charge >= 0.3 is 0 Å². The molecule has 26 heavy (non-hydrogen) atoms. The summed E-state index contributed by atoms with van der Waals surface area (Å²) in [4.78, 5) is 24.5. The van der Waals surface area contributed by atoms with Gasteiger partial charge in [0.05, 0.1) is 17.4 Å². The molecule has 1 aromatic heterocycles. The van der Waals surface area contributed by atoms with Crippen molar-refractivity contribution in [3.05, 3.63) is 53.9 Å². The lowest BCUT2D eigenvalue weighted by Crippen LogP contribution is -2.44. The van der Waals surface area contributed by atoms with Crippen molar-refractivity contribution in [3.8, 4) is 0 Å². The molecular weight excluding hydrogens is 326 g/mol. The summed E-state index contributed by atoms with van der Waals surface area (Å²) in [6.07, 6.45) is 1.63. The molecule has 1 fully saturated rings. The minimum atomic E-state index is -0.114. The highest BCUT2D eigenvalue weighted by Crippen LogP contribution is 2.24. The van der Waals surface area contributed by atoms with Crippen LogP contribution in [0.25, 0.3) is 11.0 Å². The number of carbonyl (C=O) groups is 1. The molecular formula is C20H23N5O. The maximum absolute atomic E-state index is 12.6. The van der Waals surface area contributed by atoms with Gasteiger partial charge in [-0.05, 0) is 55.9 Å². The zero-order chi connectivity index (χ0) is 18.1. The zero-order valence-corrected chi connectivity index (χ0v) is 15.1. The van der Waals surface area contributed by atoms with Crippen LogP contribution in [-0.2, 0) is 0 Å². The SMILES string of the molecule is Cc1cc(N2CCN(C)CC2)ccc1NC(=O)c1ccc2nc[nH]c2c1. The van der Waals surface area contributed by atoms with Crippen LogP contribution in [0.3, 0.4) is 0 Å². The van der Waals surface area contributed by atoms with E-state index in [9.17, 15) is 4.79 Å². The molecule has 4 rings (SSSR count). The van der Waals surface area contributed by atoms with E-state index in [4.69, 9.17) is 0 Å². The van der Waals surface area contributed by atoms with Crippen LogP contribution in [0.4, 0.5) is 11.4 Å². The van der Waals surface area contributed by atoms with Crippen LogP contribution in [0.1, 0.15) is 15.9 Å². The number of aromatic amines is 1. The van der Waals surface area contributed by atoms with Crippen LogP contribution in [0.5, 0.6) is 0 Å². The van der Waals surface area contributed by atoms with Crippen molar-refractivity contribution in [2.75, 3.05) is 43.4 Å². The minimum Gasteiger partial charge on any atom is -0.369 e. The van der Waals surface area contributed by atoms with Crippen LogP contribution in [0.15, 0.2) is 42.7 Å². The van der Waals surface area contributed by atoms with Crippen LogP contribution in [0, 0.1) is 6.92 Å². The van der Waals surface area contributed by atoms with Crippen molar-refractivity contribution in [1.82, 2.24) is 14.9 Å². The van der Waals surface area contributed by atoms with Gasteiger partial charge in [-0.1, -0.05) is 0 Å². The summed E-state index contributed by atoms with van der Waals surface area (Å²) in [7, 11) is 2.15. The molecule has 0 aliphatic carbocycles. The van der Waals surface area contributed by atoms with E-state index in [1.54, 1.807) is 12.4 Å². The lowest BCUT2D eigenvalue weighted by atomic mass is 10.1. The number of hydrogen-bond acceptors (Lipinski definition) is 4. The second-order valence-corrected chi connectivity index (χ2v) is 6.88. The second-order valence-electron chi connectivity index (χ2n) is 6.88. The lowest BCUT2D eigenvalue weighted by Gasteiger charge is -2.34. The standard InChI is InChI=1S/C20H23N5O/c1-14-11-16(25-9-7-24(2)8-10-25)4-6-17(14)23-20(26)15-3-5-18-19(12-15)22-13-21-18/h3-6,11-13H,7-10H2,1-2H3,(H,21,22)(H,23,26). The van der Waals surface area contributed by atoms with E-state index < -0.39 is 0 Å². The number of imidazole rings is 1. The molecule has 1 aliphatic rings. The largest absolute Gasteiger partial charge is 0.369 e. The fraction of sp³-hybridized carbons (Fsp3) is 0.300. The van der Waals surface area contributed by atoms with Crippen LogP contribution in [0.2, 0.25) is 0 Å². The van der Waals surface area contributed by atoms with Crippen molar-refractivity contribution in [1.29, 1.82) is 0 Å². The Hall–Kier alpha value is -2.86. The molecule has 134 valence electrons. The first kappa shape index (κ1) is 16.6. The maximum Gasteiger partial charge on any atom is 0.255 e. The molecule has 0 radical (unpaired) electrons. The van der Waals surface area contributed by atoms with E-state index in [1.165, 1.54) is 5.69 Å². The van der Waals surface area contributed by atoms with Gasteiger partial charge in [-0.3, -0.25) is 4.79 Å². The number of anilines is 2.